The maximum atomic E-state index is 12.7. The van der Waals surface area contributed by atoms with Crippen LogP contribution in [-0.4, -0.2) is 49.3 Å². The van der Waals surface area contributed by atoms with Crippen molar-refractivity contribution in [2.75, 3.05) is 26.4 Å². The highest BCUT2D eigenvalue weighted by Crippen LogP contribution is 2.43. The van der Waals surface area contributed by atoms with E-state index in [-0.39, 0.29) is 32.6 Å². The Balaban J connectivity index is 4.17. The second-order valence-electron chi connectivity index (χ2n) is 15.9. The number of rotatable bonds is 45. The quantitative estimate of drug-likeness (QED) is 0.0265. The van der Waals surface area contributed by atoms with Crippen LogP contribution in [0.3, 0.4) is 0 Å². The van der Waals surface area contributed by atoms with E-state index < -0.39 is 32.5 Å². The number of phosphoric ester groups is 1. The van der Waals surface area contributed by atoms with Gasteiger partial charge in [0.2, 0.25) is 0 Å². The van der Waals surface area contributed by atoms with Crippen LogP contribution in [0.2, 0.25) is 0 Å². The van der Waals surface area contributed by atoms with Crippen molar-refractivity contribution >= 4 is 19.8 Å². The second kappa shape index (κ2) is 49.8. The highest BCUT2D eigenvalue weighted by atomic mass is 31.2. The average Bonchev–Trinajstić information content (AvgIpc) is 3.30. The van der Waals surface area contributed by atoms with E-state index >= 15 is 0 Å². The molecule has 0 amide bonds. The number of hydrogen-bond donors (Lipinski definition) is 2. The van der Waals surface area contributed by atoms with Crippen molar-refractivity contribution in [1.82, 2.24) is 0 Å². The normalized spacial score (nSPS) is 14.2. The lowest BCUT2D eigenvalue weighted by Crippen LogP contribution is -2.29. The zero-order valence-corrected chi connectivity index (χ0v) is 41.6. The summed E-state index contributed by atoms with van der Waals surface area (Å²) in [6.07, 6.45) is 68.0. The second-order valence-corrected chi connectivity index (χ2v) is 17.4. The fraction of sp³-hybridized carbons (Fsp3) is 0.600. The minimum Gasteiger partial charge on any atom is -0.462 e. The van der Waals surface area contributed by atoms with Crippen molar-refractivity contribution in [2.24, 2.45) is 5.73 Å². The van der Waals surface area contributed by atoms with Crippen LogP contribution < -0.4 is 5.73 Å². The predicted octanol–water partition coefficient (Wildman–Crippen LogP) is 15.3. The number of nitrogens with two attached hydrogens (primary N) is 1. The summed E-state index contributed by atoms with van der Waals surface area (Å²) in [7, 11) is -4.40. The molecule has 2 unspecified atom stereocenters. The van der Waals surface area contributed by atoms with Gasteiger partial charge in [0.05, 0.1) is 13.2 Å². The molecule has 0 heterocycles. The van der Waals surface area contributed by atoms with E-state index in [0.29, 0.717) is 12.8 Å². The molecular weight excluding hydrogens is 834 g/mol. The molecule has 2 atom stereocenters. The molecule has 0 aromatic rings. The maximum Gasteiger partial charge on any atom is 0.472 e. The van der Waals surface area contributed by atoms with Crippen LogP contribution in [0.15, 0.2) is 122 Å². The van der Waals surface area contributed by atoms with Crippen molar-refractivity contribution in [2.45, 2.75) is 187 Å². The summed E-state index contributed by atoms with van der Waals surface area (Å²) in [5, 5.41) is 0. The molecule has 0 fully saturated rings. The van der Waals surface area contributed by atoms with Gasteiger partial charge in [-0.05, 0) is 103 Å². The Morgan fingerprint density at radius 3 is 1.18 bits per heavy atom. The molecule has 0 saturated heterocycles. The van der Waals surface area contributed by atoms with Crippen LogP contribution >= 0.6 is 7.82 Å². The van der Waals surface area contributed by atoms with Gasteiger partial charge < -0.3 is 20.1 Å². The van der Waals surface area contributed by atoms with Gasteiger partial charge in [-0.25, -0.2) is 4.57 Å². The fourth-order valence-electron chi connectivity index (χ4n) is 6.22. The minimum absolute atomic E-state index is 0.0411. The van der Waals surface area contributed by atoms with E-state index in [1.807, 2.05) is 0 Å². The topological polar surface area (TPSA) is 134 Å². The predicted molar refractivity (Wildman–Crippen MR) is 274 cm³/mol. The number of carbonyl (C=O) groups excluding carboxylic acids is 2. The monoisotopic (exact) mass is 924 g/mol. The molecule has 0 radical (unpaired) electrons. The molecule has 0 aromatic carbocycles. The number of ether oxygens (including phenoxy) is 2. The number of carbonyl (C=O) groups is 2. The zero-order chi connectivity index (χ0) is 47.4. The van der Waals surface area contributed by atoms with Crippen molar-refractivity contribution in [3.05, 3.63) is 122 Å². The summed E-state index contributed by atoms with van der Waals surface area (Å²) < 4.78 is 32.9. The molecule has 9 nitrogen and oxygen atoms in total. The lowest BCUT2D eigenvalue weighted by molar-refractivity contribution is -0.161. The lowest BCUT2D eigenvalue weighted by Gasteiger charge is -2.19. The van der Waals surface area contributed by atoms with Gasteiger partial charge in [0.1, 0.15) is 6.61 Å². The highest BCUT2D eigenvalue weighted by Gasteiger charge is 2.26. The summed E-state index contributed by atoms with van der Waals surface area (Å²) in [4.78, 5) is 35.1. The van der Waals surface area contributed by atoms with Gasteiger partial charge in [0.25, 0.3) is 0 Å². The molecule has 0 saturated carbocycles. The van der Waals surface area contributed by atoms with Gasteiger partial charge in [-0.1, -0.05) is 187 Å². The standard InChI is InChI=1S/C55H90NO8P/c1-3-5-7-9-11-13-15-17-19-21-23-24-25-26-27-28-30-32-34-36-38-40-42-44-46-48-55(58)64-53(52-63-65(59,60)62-50-49-56)51-61-54(57)47-45-43-41-39-37-35-33-31-29-22-20-18-16-14-12-10-8-6-4-2/h5-8,11-14,17-20,23-24,26-27,29-32,53H,3-4,9-10,15-16,21-22,25,28,33-52,56H2,1-2H3,(H,59,60)/b7-5-,8-6-,13-11-,14-12-,19-17-,20-18-,24-23-,27-26-,31-29-,32-30-. The Kier molecular flexibility index (Phi) is 47.1. The van der Waals surface area contributed by atoms with Crippen molar-refractivity contribution in [3.8, 4) is 0 Å². The average molecular weight is 924 g/mol. The molecule has 0 aliphatic carbocycles. The fourth-order valence-corrected chi connectivity index (χ4v) is 6.98. The van der Waals surface area contributed by atoms with E-state index in [0.717, 1.165) is 141 Å². The number of phosphoric acid groups is 1. The molecule has 3 N–H and O–H groups in total. The van der Waals surface area contributed by atoms with Crippen molar-refractivity contribution in [1.29, 1.82) is 0 Å². The first-order chi connectivity index (χ1) is 31.8. The molecule has 65 heavy (non-hydrogen) atoms. The van der Waals surface area contributed by atoms with Crippen LogP contribution in [0, 0.1) is 0 Å². The maximum absolute atomic E-state index is 12.7. The molecular formula is C55H90NO8P. The van der Waals surface area contributed by atoms with Crippen molar-refractivity contribution in [3.63, 3.8) is 0 Å². The third-order valence-electron chi connectivity index (χ3n) is 9.84. The first kappa shape index (κ1) is 61.4. The third kappa shape index (κ3) is 49.7. The van der Waals surface area contributed by atoms with Crippen LogP contribution in [0.5, 0.6) is 0 Å². The van der Waals surface area contributed by atoms with Gasteiger partial charge in [-0.2, -0.15) is 0 Å². The number of esters is 2. The van der Waals surface area contributed by atoms with E-state index in [4.69, 9.17) is 24.3 Å². The SMILES string of the molecule is CC/C=C\C/C=C\C/C=C\C/C=C\C/C=C\C/C=C\CCCCCCCCC(=O)OC(COC(=O)CCCCCCCC/C=C\C/C=C\C/C=C\C/C=C\CC)COP(=O)(O)OCCN. The Hall–Kier alpha value is -3.59. The molecule has 0 rings (SSSR count). The molecule has 0 bridgehead atoms. The molecule has 0 aliphatic heterocycles. The van der Waals surface area contributed by atoms with Crippen LogP contribution in [-0.2, 0) is 32.7 Å². The number of hydrogen-bond acceptors (Lipinski definition) is 8. The summed E-state index contributed by atoms with van der Waals surface area (Å²) in [6, 6.07) is 0. The van der Waals surface area contributed by atoms with Gasteiger partial charge in [0, 0.05) is 19.4 Å². The number of allylic oxidation sites excluding steroid dienone is 20. The largest absolute Gasteiger partial charge is 0.472 e. The van der Waals surface area contributed by atoms with E-state index in [1.165, 1.54) is 0 Å². The summed E-state index contributed by atoms with van der Waals surface area (Å²) >= 11 is 0. The Morgan fingerprint density at radius 1 is 0.462 bits per heavy atom. The Morgan fingerprint density at radius 2 is 0.800 bits per heavy atom. The minimum atomic E-state index is -4.40. The molecule has 10 heteroatoms. The highest BCUT2D eigenvalue weighted by molar-refractivity contribution is 7.47. The van der Waals surface area contributed by atoms with Gasteiger partial charge >= 0.3 is 19.8 Å². The molecule has 0 aliphatic rings. The van der Waals surface area contributed by atoms with Gasteiger partial charge in [0.15, 0.2) is 6.10 Å². The van der Waals surface area contributed by atoms with Crippen LogP contribution in [0.25, 0.3) is 0 Å². The summed E-state index contributed by atoms with van der Waals surface area (Å²) in [6.45, 7) is 3.45. The smallest absolute Gasteiger partial charge is 0.462 e. The molecule has 0 aromatic heterocycles. The third-order valence-corrected chi connectivity index (χ3v) is 10.8. The first-order valence-corrected chi connectivity index (χ1v) is 26.5. The molecule has 0 spiro atoms. The summed E-state index contributed by atoms with van der Waals surface area (Å²) in [5.74, 6) is -0.873. The number of unbranched alkanes of at least 4 members (excludes halogenated alkanes) is 12. The van der Waals surface area contributed by atoms with Crippen LogP contribution in [0.4, 0.5) is 0 Å². The lowest BCUT2D eigenvalue weighted by atomic mass is 10.1. The molecule has 368 valence electrons. The zero-order valence-electron chi connectivity index (χ0n) is 40.7. The first-order valence-electron chi connectivity index (χ1n) is 25.0. The Labute approximate surface area is 396 Å². The van der Waals surface area contributed by atoms with E-state index in [1.54, 1.807) is 0 Å². The van der Waals surface area contributed by atoms with Gasteiger partial charge in [-0.3, -0.25) is 18.6 Å². The van der Waals surface area contributed by atoms with Crippen LogP contribution in [0.1, 0.15) is 181 Å². The van der Waals surface area contributed by atoms with E-state index in [9.17, 15) is 19.0 Å². The Bertz CT molecular complexity index is 1470. The van der Waals surface area contributed by atoms with Crippen molar-refractivity contribution < 1.29 is 37.6 Å². The summed E-state index contributed by atoms with van der Waals surface area (Å²) in [5.41, 5.74) is 5.36. The van der Waals surface area contributed by atoms with E-state index in [2.05, 4.69) is 135 Å². The van der Waals surface area contributed by atoms with Gasteiger partial charge in [-0.15, -0.1) is 0 Å².